The SMILES string of the molecule is CC1(C)COB(c2ccc(B3Nc4cccc5cccc(c45)N3)cc2)OC1. The zero-order valence-electron chi connectivity index (χ0n) is 15.7. The van der Waals surface area contributed by atoms with Crippen LogP contribution in [0.15, 0.2) is 60.7 Å². The Labute approximate surface area is 160 Å². The van der Waals surface area contributed by atoms with E-state index in [-0.39, 0.29) is 19.5 Å². The summed E-state index contributed by atoms with van der Waals surface area (Å²) in [4.78, 5) is 0. The van der Waals surface area contributed by atoms with Gasteiger partial charge in [-0.25, -0.2) is 0 Å². The molecule has 27 heavy (non-hydrogen) atoms. The molecule has 1 fully saturated rings. The van der Waals surface area contributed by atoms with Crippen molar-refractivity contribution in [2.75, 3.05) is 23.7 Å². The monoisotopic (exact) mass is 356 g/mol. The number of anilines is 2. The van der Waals surface area contributed by atoms with E-state index >= 15 is 0 Å². The molecule has 0 aromatic heterocycles. The molecule has 0 amide bonds. The van der Waals surface area contributed by atoms with E-state index in [0.717, 1.165) is 16.8 Å². The Morgan fingerprint density at radius 3 is 1.93 bits per heavy atom. The average molecular weight is 356 g/mol. The number of benzene rings is 3. The third-order valence-corrected chi connectivity index (χ3v) is 5.30. The molecule has 3 aromatic rings. The molecule has 2 N–H and O–H groups in total. The molecule has 2 heterocycles. The smallest absolute Gasteiger partial charge is 0.407 e. The van der Waals surface area contributed by atoms with Gasteiger partial charge in [0.2, 0.25) is 0 Å². The molecule has 0 atom stereocenters. The first-order valence-electron chi connectivity index (χ1n) is 9.47. The van der Waals surface area contributed by atoms with E-state index in [9.17, 15) is 0 Å². The fraction of sp³-hybridized carbons (Fsp3) is 0.238. The maximum absolute atomic E-state index is 5.90. The second-order valence-corrected chi connectivity index (χ2v) is 8.22. The quantitative estimate of drug-likeness (QED) is 0.694. The minimum atomic E-state index is -0.270. The summed E-state index contributed by atoms with van der Waals surface area (Å²) < 4.78 is 11.8. The van der Waals surface area contributed by atoms with E-state index < -0.39 is 0 Å². The Morgan fingerprint density at radius 2 is 1.33 bits per heavy atom. The Bertz CT molecular complexity index is 940. The van der Waals surface area contributed by atoms with E-state index in [0.29, 0.717) is 13.2 Å². The molecule has 0 aliphatic carbocycles. The summed E-state index contributed by atoms with van der Waals surface area (Å²) in [7, 11) is -0.270. The number of hydrogen-bond donors (Lipinski definition) is 2. The van der Waals surface area contributed by atoms with Gasteiger partial charge in [0.1, 0.15) is 0 Å². The molecule has 0 saturated carbocycles. The zero-order valence-corrected chi connectivity index (χ0v) is 15.7. The van der Waals surface area contributed by atoms with E-state index in [1.807, 2.05) is 0 Å². The highest BCUT2D eigenvalue weighted by Gasteiger charge is 2.33. The van der Waals surface area contributed by atoms with Crippen LogP contribution in [0.2, 0.25) is 0 Å². The highest BCUT2D eigenvalue weighted by atomic mass is 16.6. The molecule has 6 heteroatoms. The first-order valence-corrected chi connectivity index (χ1v) is 9.47. The van der Waals surface area contributed by atoms with Crippen molar-refractivity contribution in [2.45, 2.75) is 13.8 Å². The molecule has 0 radical (unpaired) electrons. The Balaban J connectivity index is 1.37. The largest absolute Gasteiger partial charge is 0.493 e. The summed E-state index contributed by atoms with van der Waals surface area (Å²) in [5.41, 5.74) is 4.66. The van der Waals surface area contributed by atoms with Crippen molar-refractivity contribution in [1.29, 1.82) is 0 Å². The zero-order chi connectivity index (χ0) is 18.4. The van der Waals surface area contributed by atoms with Crippen molar-refractivity contribution in [1.82, 2.24) is 0 Å². The molecular formula is C21H22B2N2O2. The van der Waals surface area contributed by atoms with Crippen molar-refractivity contribution in [3.63, 3.8) is 0 Å². The molecule has 2 aliphatic heterocycles. The van der Waals surface area contributed by atoms with E-state index in [1.165, 1.54) is 16.2 Å². The molecule has 2 aliphatic rings. The lowest BCUT2D eigenvalue weighted by molar-refractivity contribution is 0.0343. The van der Waals surface area contributed by atoms with Crippen molar-refractivity contribution in [3.8, 4) is 0 Å². The van der Waals surface area contributed by atoms with E-state index in [1.54, 1.807) is 0 Å². The molecule has 0 bridgehead atoms. The minimum Gasteiger partial charge on any atom is -0.407 e. The van der Waals surface area contributed by atoms with Crippen LogP contribution in [0, 0.1) is 5.41 Å². The van der Waals surface area contributed by atoms with Gasteiger partial charge in [0.25, 0.3) is 0 Å². The summed E-state index contributed by atoms with van der Waals surface area (Å²) in [5.74, 6) is 0. The van der Waals surface area contributed by atoms with Gasteiger partial charge in [-0.1, -0.05) is 62.4 Å². The van der Waals surface area contributed by atoms with Crippen LogP contribution in [-0.2, 0) is 9.31 Å². The summed E-state index contributed by atoms with van der Waals surface area (Å²) in [6, 6.07) is 21.2. The molecule has 0 spiro atoms. The van der Waals surface area contributed by atoms with Gasteiger partial charge >= 0.3 is 14.1 Å². The lowest BCUT2D eigenvalue weighted by Crippen LogP contribution is -2.50. The number of nitrogens with one attached hydrogen (secondary N) is 2. The van der Waals surface area contributed by atoms with Gasteiger partial charge in [-0.15, -0.1) is 0 Å². The number of rotatable bonds is 2. The Hall–Kier alpha value is -2.43. The lowest BCUT2D eigenvalue weighted by Gasteiger charge is -2.33. The van der Waals surface area contributed by atoms with Crippen LogP contribution in [0.5, 0.6) is 0 Å². The first kappa shape index (κ1) is 16.7. The third kappa shape index (κ3) is 3.09. The topological polar surface area (TPSA) is 42.5 Å². The maximum atomic E-state index is 5.90. The summed E-state index contributed by atoms with van der Waals surface area (Å²) in [5, 5.41) is 9.72. The van der Waals surface area contributed by atoms with Gasteiger partial charge in [0.05, 0.1) is 0 Å². The predicted molar refractivity (Wildman–Crippen MR) is 114 cm³/mol. The molecule has 3 aromatic carbocycles. The highest BCUT2D eigenvalue weighted by Crippen LogP contribution is 2.33. The van der Waals surface area contributed by atoms with Crippen LogP contribution in [0.3, 0.4) is 0 Å². The van der Waals surface area contributed by atoms with Crippen LogP contribution in [0.25, 0.3) is 10.8 Å². The molecule has 1 saturated heterocycles. The molecule has 4 nitrogen and oxygen atoms in total. The highest BCUT2D eigenvalue weighted by molar-refractivity contribution is 6.80. The molecule has 134 valence electrons. The molecule has 5 rings (SSSR count). The minimum absolute atomic E-state index is 0.0340. The van der Waals surface area contributed by atoms with Crippen LogP contribution < -0.4 is 21.4 Å². The second kappa shape index (κ2) is 6.32. The van der Waals surface area contributed by atoms with Crippen molar-refractivity contribution < 1.29 is 9.31 Å². The van der Waals surface area contributed by atoms with E-state index in [2.05, 4.69) is 85.0 Å². The van der Waals surface area contributed by atoms with Crippen molar-refractivity contribution >= 4 is 47.2 Å². The van der Waals surface area contributed by atoms with Gasteiger partial charge < -0.3 is 19.8 Å². The Kier molecular flexibility index (Phi) is 3.92. The van der Waals surface area contributed by atoms with Gasteiger partial charge in [0.15, 0.2) is 0 Å². The van der Waals surface area contributed by atoms with Gasteiger partial charge in [-0.2, -0.15) is 0 Å². The molecular weight excluding hydrogens is 334 g/mol. The van der Waals surface area contributed by atoms with Crippen LogP contribution in [0.4, 0.5) is 11.4 Å². The number of hydrogen-bond acceptors (Lipinski definition) is 4. The summed E-state index contributed by atoms with van der Waals surface area (Å²) >= 11 is 0. The van der Waals surface area contributed by atoms with Gasteiger partial charge in [-0.3, -0.25) is 0 Å². The average Bonchev–Trinajstić information content (AvgIpc) is 2.69. The Morgan fingerprint density at radius 1 is 0.778 bits per heavy atom. The van der Waals surface area contributed by atoms with Crippen LogP contribution in [0.1, 0.15) is 13.8 Å². The van der Waals surface area contributed by atoms with E-state index in [4.69, 9.17) is 9.31 Å². The van der Waals surface area contributed by atoms with Gasteiger partial charge in [-0.05, 0) is 28.4 Å². The van der Waals surface area contributed by atoms with Crippen molar-refractivity contribution in [2.24, 2.45) is 5.41 Å². The predicted octanol–water partition coefficient (Wildman–Crippen LogP) is 2.84. The van der Waals surface area contributed by atoms with Crippen molar-refractivity contribution in [3.05, 3.63) is 60.7 Å². The second-order valence-electron chi connectivity index (χ2n) is 8.22. The van der Waals surface area contributed by atoms with Gasteiger partial charge in [0, 0.05) is 35.4 Å². The van der Waals surface area contributed by atoms with Crippen LogP contribution >= 0.6 is 0 Å². The normalized spacial score (nSPS) is 18.1. The standard InChI is InChI=1S/C21H22B2N2O2/c1-21(2)13-26-23(27-14-21)17-11-9-16(10-12-17)22-24-18-7-3-5-15-6-4-8-19(25-22)20(15)18/h3-12,24-25H,13-14H2,1-2H3. The fourth-order valence-corrected chi connectivity index (χ4v) is 3.83. The summed E-state index contributed by atoms with van der Waals surface area (Å²) in [6.45, 7) is 5.78. The van der Waals surface area contributed by atoms with Crippen LogP contribution in [-0.4, -0.2) is 27.3 Å². The fourth-order valence-electron chi connectivity index (χ4n) is 3.83. The maximum Gasteiger partial charge on any atom is 0.493 e. The molecule has 0 unspecified atom stereocenters. The third-order valence-electron chi connectivity index (χ3n) is 5.30. The lowest BCUT2D eigenvalue weighted by atomic mass is 9.64. The summed E-state index contributed by atoms with van der Waals surface area (Å²) in [6.07, 6.45) is 0. The first-order chi connectivity index (χ1) is 13.1.